The first-order valence-electron chi connectivity index (χ1n) is 15.4. The minimum Gasteiger partial charge on any atom is -0.379 e. The normalized spacial score (nSPS) is 17.4. The molecule has 3 aromatic rings. The van der Waals surface area contributed by atoms with Crippen LogP contribution in [0.3, 0.4) is 0 Å². The third kappa shape index (κ3) is 7.21. The Kier molecular flexibility index (Phi) is 9.34. The van der Waals surface area contributed by atoms with Crippen LogP contribution in [0.1, 0.15) is 60.4 Å². The van der Waals surface area contributed by atoms with E-state index in [1.807, 2.05) is 43.5 Å². The highest BCUT2D eigenvalue weighted by Gasteiger charge is 2.44. The van der Waals surface area contributed by atoms with Crippen LogP contribution in [-0.4, -0.2) is 89.5 Å². The molecule has 1 aromatic carbocycles. The van der Waals surface area contributed by atoms with Gasteiger partial charge in [-0.25, -0.2) is 4.79 Å². The van der Waals surface area contributed by atoms with E-state index in [9.17, 15) is 14.4 Å². The van der Waals surface area contributed by atoms with Crippen LogP contribution in [0.25, 0.3) is 11.1 Å². The average Bonchev–Trinajstić information content (AvgIpc) is 3.42. The SMILES string of the molecule is Cc1ccc(NC(=O)Nc2cc(C(C)(C)C)sc2C(=O)N2CCN(C)C(=O)C2(C)C)cc1-c1ccc(CN2CCOCC2)nc1. The minimum atomic E-state index is -0.997. The van der Waals surface area contributed by atoms with Gasteiger partial charge in [-0.1, -0.05) is 32.9 Å². The first-order valence-corrected chi connectivity index (χ1v) is 16.2. The van der Waals surface area contributed by atoms with Gasteiger partial charge in [-0.2, -0.15) is 0 Å². The van der Waals surface area contributed by atoms with Crippen LogP contribution in [0.15, 0.2) is 42.6 Å². The lowest BCUT2D eigenvalue weighted by Crippen LogP contribution is -2.63. The largest absolute Gasteiger partial charge is 0.379 e. The number of anilines is 2. The molecule has 45 heavy (non-hydrogen) atoms. The lowest BCUT2D eigenvalue weighted by atomic mass is 9.94. The van der Waals surface area contributed by atoms with Crippen LogP contribution >= 0.6 is 11.3 Å². The predicted octanol–water partition coefficient (Wildman–Crippen LogP) is 5.59. The van der Waals surface area contributed by atoms with Gasteiger partial charge in [-0.05, 0) is 61.6 Å². The second kappa shape index (κ2) is 12.9. The number of rotatable bonds is 6. The molecule has 10 nitrogen and oxygen atoms in total. The monoisotopic (exact) mass is 632 g/mol. The fraction of sp³-hybridized carbons (Fsp3) is 0.471. The van der Waals surface area contributed by atoms with Crippen molar-refractivity contribution < 1.29 is 19.1 Å². The number of ether oxygens (including phenoxy) is 1. The Morgan fingerprint density at radius 3 is 2.42 bits per heavy atom. The van der Waals surface area contributed by atoms with Gasteiger partial charge in [0.25, 0.3) is 5.91 Å². The van der Waals surface area contributed by atoms with E-state index in [1.165, 1.54) is 11.3 Å². The molecule has 0 bridgehead atoms. The number of benzene rings is 1. The zero-order valence-corrected chi connectivity index (χ0v) is 28.1. The number of urea groups is 1. The van der Waals surface area contributed by atoms with Crippen LogP contribution < -0.4 is 10.6 Å². The van der Waals surface area contributed by atoms with Crippen LogP contribution in [0.4, 0.5) is 16.2 Å². The van der Waals surface area contributed by atoms with Gasteiger partial charge in [0.1, 0.15) is 10.4 Å². The van der Waals surface area contributed by atoms with E-state index in [-0.39, 0.29) is 17.2 Å². The van der Waals surface area contributed by atoms with E-state index < -0.39 is 11.6 Å². The lowest BCUT2D eigenvalue weighted by Gasteiger charge is -2.44. The lowest BCUT2D eigenvalue weighted by molar-refractivity contribution is -0.144. The maximum Gasteiger partial charge on any atom is 0.323 e. The Labute approximate surface area is 269 Å². The molecule has 4 heterocycles. The standard InChI is InChI=1S/C34H44N6O4S/c1-22-8-10-24(18-26(22)23-9-11-25(35-20-23)21-39-14-16-44-17-15-39)36-32(43)37-27-19-28(33(2,3)4)45-29(27)30(41)40-13-12-38(7)31(42)34(40,5)6/h8-11,18-20H,12-17,21H2,1-7H3,(H2,36,37,43). The van der Waals surface area contributed by atoms with Crippen molar-refractivity contribution >= 4 is 40.6 Å². The smallest absolute Gasteiger partial charge is 0.323 e. The van der Waals surface area contributed by atoms with Crippen molar-refractivity contribution in [2.45, 2.75) is 59.0 Å². The maximum atomic E-state index is 13.9. The first kappa shape index (κ1) is 32.6. The molecule has 2 saturated heterocycles. The molecule has 2 aliphatic rings. The van der Waals surface area contributed by atoms with Gasteiger partial charge < -0.3 is 25.2 Å². The van der Waals surface area contributed by atoms with E-state index in [0.717, 1.165) is 60.1 Å². The summed E-state index contributed by atoms with van der Waals surface area (Å²) >= 11 is 1.36. The second-order valence-electron chi connectivity index (χ2n) is 13.4. The molecule has 0 aliphatic carbocycles. The quantitative estimate of drug-likeness (QED) is 0.367. The van der Waals surface area contributed by atoms with Gasteiger partial charge in [-0.3, -0.25) is 19.5 Å². The van der Waals surface area contributed by atoms with E-state index in [1.54, 1.807) is 30.7 Å². The molecule has 0 saturated carbocycles. The molecule has 2 N–H and O–H groups in total. The molecular formula is C34H44N6O4S. The van der Waals surface area contributed by atoms with E-state index in [4.69, 9.17) is 9.72 Å². The Morgan fingerprint density at radius 1 is 1.02 bits per heavy atom. The summed E-state index contributed by atoms with van der Waals surface area (Å²) in [6, 6.07) is 11.3. The van der Waals surface area contributed by atoms with Gasteiger partial charge in [0.05, 0.1) is 24.6 Å². The number of hydrogen-bond acceptors (Lipinski definition) is 7. The van der Waals surface area contributed by atoms with Crippen molar-refractivity contribution in [3.05, 3.63) is 63.6 Å². The number of nitrogens with one attached hydrogen (secondary N) is 2. The second-order valence-corrected chi connectivity index (χ2v) is 14.4. The number of carbonyl (C=O) groups is 3. The van der Waals surface area contributed by atoms with Crippen LogP contribution in [0.5, 0.6) is 0 Å². The fourth-order valence-electron chi connectivity index (χ4n) is 5.67. The summed E-state index contributed by atoms with van der Waals surface area (Å²) in [5.74, 6) is -0.376. The van der Waals surface area contributed by atoms with Crippen LogP contribution in [0, 0.1) is 6.92 Å². The van der Waals surface area contributed by atoms with E-state index in [2.05, 4.69) is 42.4 Å². The number of carbonyl (C=O) groups excluding carboxylic acids is 3. The molecule has 2 aliphatic heterocycles. The van der Waals surface area contributed by atoms with Gasteiger partial charge >= 0.3 is 6.03 Å². The number of pyridine rings is 1. The summed E-state index contributed by atoms with van der Waals surface area (Å²) in [5.41, 5.74) is 3.83. The summed E-state index contributed by atoms with van der Waals surface area (Å²) in [4.78, 5) is 51.9. The molecule has 0 radical (unpaired) electrons. The molecule has 240 valence electrons. The van der Waals surface area contributed by atoms with Crippen molar-refractivity contribution in [3.63, 3.8) is 0 Å². The number of nitrogens with zero attached hydrogens (tertiary/aromatic N) is 4. The van der Waals surface area contributed by atoms with Gasteiger partial charge in [-0.15, -0.1) is 11.3 Å². The zero-order valence-electron chi connectivity index (χ0n) is 27.3. The average molecular weight is 633 g/mol. The number of piperazine rings is 1. The van der Waals surface area contributed by atoms with E-state index in [0.29, 0.717) is 29.3 Å². The van der Waals surface area contributed by atoms with Gasteiger partial charge in [0, 0.05) is 62.1 Å². The molecule has 0 spiro atoms. The maximum absolute atomic E-state index is 13.9. The number of hydrogen-bond donors (Lipinski definition) is 2. The van der Waals surface area contributed by atoms with Crippen molar-refractivity contribution in [2.75, 3.05) is 57.1 Å². The molecule has 0 unspecified atom stereocenters. The van der Waals surface area contributed by atoms with Crippen LogP contribution in [-0.2, 0) is 21.5 Å². The third-order valence-electron chi connectivity index (χ3n) is 8.48. The minimum absolute atomic E-state index is 0.112. The molecule has 11 heteroatoms. The van der Waals surface area contributed by atoms with Gasteiger partial charge in [0.2, 0.25) is 5.91 Å². The highest BCUT2D eigenvalue weighted by molar-refractivity contribution is 7.14. The summed E-state index contributed by atoms with van der Waals surface area (Å²) in [6.07, 6.45) is 1.88. The van der Waals surface area contributed by atoms with Crippen LogP contribution in [0.2, 0.25) is 0 Å². The fourth-order valence-corrected chi connectivity index (χ4v) is 6.79. The molecule has 5 rings (SSSR count). The molecule has 0 atom stereocenters. The Bertz CT molecular complexity index is 1570. The Morgan fingerprint density at radius 2 is 1.76 bits per heavy atom. The highest BCUT2D eigenvalue weighted by atomic mass is 32.1. The molecular weight excluding hydrogens is 588 g/mol. The van der Waals surface area contributed by atoms with Crippen molar-refractivity contribution in [2.24, 2.45) is 0 Å². The predicted molar refractivity (Wildman–Crippen MR) is 179 cm³/mol. The number of thiophene rings is 1. The Balaban J connectivity index is 1.33. The number of amides is 4. The summed E-state index contributed by atoms with van der Waals surface area (Å²) in [7, 11) is 1.75. The highest BCUT2D eigenvalue weighted by Crippen LogP contribution is 2.38. The van der Waals surface area contributed by atoms with Gasteiger partial charge in [0.15, 0.2) is 0 Å². The topological polar surface area (TPSA) is 107 Å². The third-order valence-corrected chi connectivity index (χ3v) is 10.0. The summed E-state index contributed by atoms with van der Waals surface area (Å²) in [6.45, 7) is 16.7. The number of aryl methyl sites for hydroxylation is 1. The Hall–Kier alpha value is -3.80. The first-order chi connectivity index (χ1) is 21.2. The molecule has 2 aromatic heterocycles. The molecule has 2 fully saturated rings. The summed E-state index contributed by atoms with van der Waals surface area (Å²) < 4.78 is 5.44. The van der Waals surface area contributed by atoms with Crippen molar-refractivity contribution in [1.82, 2.24) is 19.7 Å². The number of aromatic nitrogens is 1. The number of likely N-dealkylation sites (N-methyl/N-ethyl adjacent to an activating group) is 1. The van der Waals surface area contributed by atoms with E-state index >= 15 is 0 Å². The summed E-state index contributed by atoms with van der Waals surface area (Å²) in [5, 5.41) is 5.88. The molecule has 4 amide bonds. The van der Waals surface area contributed by atoms with Crippen molar-refractivity contribution in [3.8, 4) is 11.1 Å². The van der Waals surface area contributed by atoms with Crippen molar-refractivity contribution in [1.29, 1.82) is 0 Å². The number of morpholine rings is 1. The zero-order chi connectivity index (χ0) is 32.5.